The highest BCUT2D eigenvalue weighted by atomic mass is 16.3. The van der Waals surface area contributed by atoms with Crippen LogP contribution in [-0.4, -0.2) is 29.2 Å². The number of aliphatic hydroxyl groups excluding tert-OH is 1. The van der Waals surface area contributed by atoms with Gasteiger partial charge in [-0.15, -0.1) is 0 Å². The van der Waals surface area contributed by atoms with Gasteiger partial charge >= 0.3 is 0 Å². The van der Waals surface area contributed by atoms with E-state index >= 15 is 0 Å². The van der Waals surface area contributed by atoms with Crippen LogP contribution in [0.4, 0.5) is 0 Å². The predicted octanol–water partition coefficient (Wildman–Crippen LogP) is 1.51. The summed E-state index contributed by atoms with van der Waals surface area (Å²) < 4.78 is 0. The molecule has 0 saturated carbocycles. The smallest absolute Gasteiger partial charge is 0.0991 e. The zero-order valence-electron chi connectivity index (χ0n) is 9.26. The minimum atomic E-state index is 0.234. The van der Waals surface area contributed by atoms with Gasteiger partial charge in [-0.1, -0.05) is 12.1 Å². The van der Waals surface area contributed by atoms with Crippen molar-refractivity contribution < 1.29 is 5.11 Å². The summed E-state index contributed by atoms with van der Waals surface area (Å²) in [6, 6.07) is 10.1. The van der Waals surface area contributed by atoms with E-state index in [1.54, 1.807) is 0 Å². The molecule has 1 fully saturated rings. The number of rotatable bonds is 3. The highest BCUT2D eigenvalue weighted by Gasteiger charge is 2.23. The maximum Gasteiger partial charge on any atom is 0.0991 e. The summed E-state index contributed by atoms with van der Waals surface area (Å²) in [5.74, 6) is 0. The minimum absolute atomic E-state index is 0.234. The largest absolute Gasteiger partial charge is 0.395 e. The van der Waals surface area contributed by atoms with Crippen molar-refractivity contribution in [2.75, 3.05) is 13.2 Å². The number of likely N-dealkylation sites (tertiary alicyclic amines) is 1. The van der Waals surface area contributed by atoms with Crippen molar-refractivity contribution in [2.24, 2.45) is 0 Å². The molecule has 1 saturated heterocycles. The third kappa shape index (κ3) is 2.41. The van der Waals surface area contributed by atoms with Gasteiger partial charge in [-0.3, -0.25) is 4.90 Å². The van der Waals surface area contributed by atoms with Crippen LogP contribution in [0.1, 0.15) is 24.0 Å². The SMILES string of the molecule is N#Cc1cccc(CN2CCCC2CO)c1. The summed E-state index contributed by atoms with van der Waals surface area (Å²) in [7, 11) is 0. The Morgan fingerprint density at radius 2 is 2.38 bits per heavy atom. The van der Waals surface area contributed by atoms with Crippen molar-refractivity contribution >= 4 is 0 Å². The second-order valence-corrected chi connectivity index (χ2v) is 4.26. The summed E-state index contributed by atoms with van der Waals surface area (Å²) in [6.07, 6.45) is 2.23. The number of hydrogen-bond acceptors (Lipinski definition) is 3. The molecule has 0 spiro atoms. The van der Waals surface area contributed by atoms with Crippen LogP contribution in [0.15, 0.2) is 24.3 Å². The Bertz CT molecular complexity index is 397. The third-order valence-corrected chi connectivity index (χ3v) is 3.15. The quantitative estimate of drug-likeness (QED) is 0.833. The number of nitriles is 1. The van der Waals surface area contributed by atoms with Crippen LogP contribution in [0, 0.1) is 11.3 Å². The molecule has 3 heteroatoms. The van der Waals surface area contributed by atoms with Gasteiger partial charge in [0, 0.05) is 12.6 Å². The van der Waals surface area contributed by atoms with Gasteiger partial charge < -0.3 is 5.11 Å². The maximum atomic E-state index is 9.22. The zero-order chi connectivity index (χ0) is 11.4. The van der Waals surface area contributed by atoms with E-state index in [2.05, 4.69) is 11.0 Å². The molecule has 1 aliphatic heterocycles. The van der Waals surface area contributed by atoms with Crippen molar-refractivity contribution in [2.45, 2.75) is 25.4 Å². The molecule has 16 heavy (non-hydrogen) atoms. The summed E-state index contributed by atoms with van der Waals surface area (Å²) in [6.45, 7) is 2.11. The molecule has 1 atom stereocenters. The van der Waals surface area contributed by atoms with Crippen molar-refractivity contribution in [1.29, 1.82) is 5.26 Å². The van der Waals surface area contributed by atoms with Gasteiger partial charge in [0.15, 0.2) is 0 Å². The van der Waals surface area contributed by atoms with Crippen LogP contribution in [0.2, 0.25) is 0 Å². The molecule has 0 radical (unpaired) electrons. The normalized spacial score (nSPS) is 20.9. The summed E-state index contributed by atoms with van der Waals surface area (Å²) in [5.41, 5.74) is 1.86. The van der Waals surface area contributed by atoms with E-state index in [0.29, 0.717) is 11.6 Å². The second kappa shape index (κ2) is 5.11. The molecule has 0 aromatic heterocycles. The Kier molecular flexibility index (Phi) is 3.55. The predicted molar refractivity (Wildman–Crippen MR) is 61.7 cm³/mol. The fourth-order valence-electron chi connectivity index (χ4n) is 2.28. The van der Waals surface area contributed by atoms with Gasteiger partial charge in [0.1, 0.15) is 0 Å². The lowest BCUT2D eigenvalue weighted by molar-refractivity contribution is 0.153. The second-order valence-electron chi connectivity index (χ2n) is 4.26. The van der Waals surface area contributed by atoms with Crippen LogP contribution in [0.3, 0.4) is 0 Å². The molecule has 1 N–H and O–H groups in total. The minimum Gasteiger partial charge on any atom is -0.395 e. The first-order chi connectivity index (χ1) is 7.83. The number of nitrogens with zero attached hydrogens (tertiary/aromatic N) is 2. The van der Waals surface area contributed by atoms with Gasteiger partial charge in [0.25, 0.3) is 0 Å². The van der Waals surface area contributed by atoms with E-state index in [4.69, 9.17) is 5.26 Å². The maximum absolute atomic E-state index is 9.22. The summed E-state index contributed by atoms with van der Waals surface area (Å²) in [5, 5.41) is 18.0. The highest BCUT2D eigenvalue weighted by molar-refractivity contribution is 5.32. The van der Waals surface area contributed by atoms with Crippen molar-refractivity contribution in [3.05, 3.63) is 35.4 Å². The van der Waals surface area contributed by atoms with Crippen LogP contribution in [-0.2, 0) is 6.54 Å². The number of aliphatic hydroxyl groups is 1. The molecule has 84 valence electrons. The molecule has 1 heterocycles. The highest BCUT2D eigenvalue weighted by Crippen LogP contribution is 2.19. The van der Waals surface area contributed by atoms with Crippen LogP contribution >= 0.6 is 0 Å². The topological polar surface area (TPSA) is 47.3 Å². The van der Waals surface area contributed by atoms with Crippen LogP contribution < -0.4 is 0 Å². The molecule has 1 unspecified atom stereocenters. The van der Waals surface area contributed by atoms with E-state index in [9.17, 15) is 5.11 Å². The molecule has 1 aromatic carbocycles. The molecule has 0 aliphatic carbocycles. The van der Waals surface area contributed by atoms with E-state index in [-0.39, 0.29) is 6.61 Å². The standard InChI is InChI=1S/C13H16N2O/c14-8-11-3-1-4-12(7-11)9-15-6-2-5-13(15)10-16/h1,3-4,7,13,16H,2,5-6,9-10H2. The molecule has 1 aliphatic rings. The van der Waals surface area contributed by atoms with E-state index < -0.39 is 0 Å². The first kappa shape index (κ1) is 11.1. The number of benzene rings is 1. The Labute approximate surface area is 95.9 Å². The average Bonchev–Trinajstić information content (AvgIpc) is 2.76. The molecule has 0 bridgehead atoms. The van der Waals surface area contributed by atoms with Crippen molar-refractivity contribution in [3.8, 4) is 6.07 Å². The third-order valence-electron chi connectivity index (χ3n) is 3.15. The zero-order valence-corrected chi connectivity index (χ0v) is 9.26. The summed E-state index contributed by atoms with van der Waals surface area (Å²) >= 11 is 0. The van der Waals surface area contributed by atoms with Gasteiger partial charge in [-0.2, -0.15) is 5.26 Å². The molecular weight excluding hydrogens is 200 g/mol. The fourth-order valence-corrected chi connectivity index (χ4v) is 2.28. The van der Waals surface area contributed by atoms with E-state index in [1.165, 1.54) is 0 Å². The lowest BCUT2D eigenvalue weighted by atomic mass is 10.1. The van der Waals surface area contributed by atoms with E-state index in [0.717, 1.165) is 31.5 Å². The Balaban J connectivity index is 2.06. The first-order valence-corrected chi connectivity index (χ1v) is 5.67. The Morgan fingerprint density at radius 1 is 1.50 bits per heavy atom. The van der Waals surface area contributed by atoms with Gasteiger partial charge in [-0.05, 0) is 37.1 Å². The lowest BCUT2D eigenvalue weighted by Crippen LogP contribution is -2.31. The first-order valence-electron chi connectivity index (χ1n) is 5.67. The molecule has 3 nitrogen and oxygen atoms in total. The average molecular weight is 216 g/mol. The molecule has 1 aromatic rings. The lowest BCUT2D eigenvalue weighted by Gasteiger charge is -2.22. The molecule has 0 amide bonds. The van der Waals surface area contributed by atoms with E-state index in [1.807, 2.05) is 24.3 Å². The fraction of sp³-hybridized carbons (Fsp3) is 0.462. The number of hydrogen-bond donors (Lipinski definition) is 1. The Hall–Kier alpha value is -1.37. The van der Waals surface area contributed by atoms with Crippen LogP contribution in [0.25, 0.3) is 0 Å². The molecular formula is C13H16N2O. The summed E-state index contributed by atoms with van der Waals surface area (Å²) in [4.78, 5) is 2.29. The monoisotopic (exact) mass is 216 g/mol. The van der Waals surface area contributed by atoms with Crippen LogP contribution in [0.5, 0.6) is 0 Å². The molecule has 2 rings (SSSR count). The van der Waals surface area contributed by atoms with Crippen molar-refractivity contribution in [3.63, 3.8) is 0 Å². The Morgan fingerprint density at radius 3 is 3.12 bits per heavy atom. The van der Waals surface area contributed by atoms with Gasteiger partial charge in [0.05, 0.1) is 18.2 Å². The van der Waals surface area contributed by atoms with Gasteiger partial charge in [-0.25, -0.2) is 0 Å². The van der Waals surface area contributed by atoms with Gasteiger partial charge in [0.2, 0.25) is 0 Å². The van der Waals surface area contributed by atoms with Crippen molar-refractivity contribution in [1.82, 2.24) is 4.90 Å².